The number of methoxy groups -OCH3 is 1. The SMILES string of the molecule is COc1ccc(CN2CCC3(CC2)OCCC[C@H]3O)cc1C(=O)O. The van der Waals surface area contributed by atoms with Crippen molar-refractivity contribution in [1.82, 2.24) is 4.90 Å². The molecule has 3 rings (SSSR count). The van der Waals surface area contributed by atoms with E-state index in [0.29, 0.717) is 12.3 Å². The Labute approximate surface area is 142 Å². The standard InChI is InChI=1S/C18H25NO5/c1-23-15-5-4-13(11-14(15)17(21)22)12-19-8-6-18(7-9-19)16(20)3-2-10-24-18/h4-5,11,16,20H,2-3,6-10,12H2,1H3,(H,21,22)/t16-/m1/s1. The van der Waals surface area contributed by atoms with Gasteiger partial charge in [-0.05, 0) is 43.4 Å². The maximum Gasteiger partial charge on any atom is 0.339 e. The lowest BCUT2D eigenvalue weighted by molar-refractivity contribution is -0.177. The molecule has 0 aromatic heterocycles. The molecule has 2 saturated heterocycles. The van der Waals surface area contributed by atoms with Crippen LogP contribution in [0.3, 0.4) is 0 Å². The van der Waals surface area contributed by atoms with Crippen LogP contribution in [-0.2, 0) is 11.3 Å². The van der Waals surface area contributed by atoms with Gasteiger partial charge in [-0.1, -0.05) is 6.07 Å². The number of rotatable bonds is 4. The van der Waals surface area contributed by atoms with E-state index >= 15 is 0 Å². The van der Waals surface area contributed by atoms with Crippen LogP contribution in [0, 0.1) is 0 Å². The molecule has 6 heteroatoms. The fourth-order valence-electron chi connectivity index (χ4n) is 3.76. The van der Waals surface area contributed by atoms with Crippen molar-refractivity contribution in [1.29, 1.82) is 0 Å². The zero-order chi connectivity index (χ0) is 17.2. The number of aromatic carboxylic acids is 1. The quantitative estimate of drug-likeness (QED) is 0.875. The van der Waals surface area contributed by atoms with E-state index in [1.807, 2.05) is 6.07 Å². The van der Waals surface area contributed by atoms with Crippen LogP contribution in [0.25, 0.3) is 0 Å². The maximum absolute atomic E-state index is 11.3. The summed E-state index contributed by atoms with van der Waals surface area (Å²) in [6.07, 6.45) is 3.01. The van der Waals surface area contributed by atoms with Crippen LogP contribution in [0.2, 0.25) is 0 Å². The number of likely N-dealkylation sites (tertiary alicyclic amines) is 1. The highest BCUT2D eigenvalue weighted by molar-refractivity contribution is 5.91. The summed E-state index contributed by atoms with van der Waals surface area (Å²) < 4.78 is 11.0. The Morgan fingerprint density at radius 2 is 2.17 bits per heavy atom. The van der Waals surface area contributed by atoms with E-state index in [9.17, 15) is 15.0 Å². The molecule has 132 valence electrons. The first kappa shape index (κ1) is 17.2. The third-order valence-corrected chi connectivity index (χ3v) is 5.22. The van der Waals surface area contributed by atoms with Crippen LogP contribution in [0.1, 0.15) is 41.6 Å². The molecule has 1 aromatic carbocycles. The van der Waals surface area contributed by atoms with Crippen molar-refractivity contribution in [2.24, 2.45) is 0 Å². The highest BCUT2D eigenvalue weighted by Crippen LogP contribution is 2.35. The van der Waals surface area contributed by atoms with E-state index in [2.05, 4.69) is 4.90 Å². The lowest BCUT2D eigenvalue weighted by Gasteiger charge is -2.46. The van der Waals surface area contributed by atoms with Crippen molar-refractivity contribution in [2.45, 2.75) is 43.9 Å². The van der Waals surface area contributed by atoms with Gasteiger partial charge >= 0.3 is 5.97 Å². The van der Waals surface area contributed by atoms with Crippen LogP contribution in [-0.4, -0.2) is 59.6 Å². The molecule has 0 saturated carbocycles. The summed E-state index contributed by atoms with van der Waals surface area (Å²) in [5.41, 5.74) is 0.768. The van der Waals surface area contributed by atoms with Gasteiger partial charge in [-0.25, -0.2) is 4.79 Å². The van der Waals surface area contributed by atoms with Crippen molar-refractivity contribution in [3.05, 3.63) is 29.3 Å². The third-order valence-electron chi connectivity index (χ3n) is 5.22. The molecule has 1 aromatic rings. The van der Waals surface area contributed by atoms with Crippen LogP contribution >= 0.6 is 0 Å². The Hall–Kier alpha value is -1.63. The van der Waals surface area contributed by atoms with Crippen molar-refractivity contribution in [3.8, 4) is 5.75 Å². The number of carboxylic acids is 1. The zero-order valence-electron chi connectivity index (χ0n) is 14.0. The molecule has 2 aliphatic rings. The van der Waals surface area contributed by atoms with Gasteiger partial charge in [-0.3, -0.25) is 4.90 Å². The third kappa shape index (κ3) is 3.41. The Morgan fingerprint density at radius 1 is 1.42 bits per heavy atom. The summed E-state index contributed by atoms with van der Waals surface area (Å²) in [6, 6.07) is 5.29. The zero-order valence-corrected chi connectivity index (χ0v) is 14.0. The van der Waals surface area contributed by atoms with Gasteiger partial charge in [0.05, 0.1) is 18.8 Å². The molecule has 1 spiro atoms. The van der Waals surface area contributed by atoms with Crippen molar-refractivity contribution < 1.29 is 24.5 Å². The second-order valence-corrected chi connectivity index (χ2v) is 6.69. The van der Waals surface area contributed by atoms with E-state index in [0.717, 1.165) is 50.9 Å². The molecule has 2 fully saturated rings. The first-order valence-electron chi connectivity index (χ1n) is 8.49. The number of hydrogen-bond acceptors (Lipinski definition) is 5. The van der Waals surface area contributed by atoms with Gasteiger partial charge in [0.1, 0.15) is 11.3 Å². The molecule has 0 aliphatic carbocycles. The number of piperidine rings is 1. The number of carbonyl (C=O) groups is 1. The van der Waals surface area contributed by atoms with Gasteiger partial charge in [0, 0.05) is 26.2 Å². The summed E-state index contributed by atoms with van der Waals surface area (Å²) >= 11 is 0. The summed E-state index contributed by atoms with van der Waals surface area (Å²) in [4.78, 5) is 13.6. The second kappa shape index (κ2) is 7.09. The number of benzene rings is 1. The van der Waals surface area contributed by atoms with Gasteiger partial charge in [0.25, 0.3) is 0 Å². The second-order valence-electron chi connectivity index (χ2n) is 6.69. The van der Waals surface area contributed by atoms with Gasteiger partial charge in [-0.15, -0.1) is 0 Å². The van der Waals surface area contributed by atoms with E-state index in [1.54, 1.807) is 12.1 Å². The predicted octanol–water partition coefficient (Wildman–Crippen LogP) is 1.90. The van der Waals surface area contributed by atoms with E-state index in [-0.39, 0.29) is 17.3 Å². The predicted molar refractivity (Wildman–Crippen MR) is 88.4 cm³/mol. The van der Waals surface area contributed by atoms with Gasteiger partial charge in [0.2, 0.25) is 0 Å². The highest BCUT2D eigenvalue weighted by atomic mass is 16.5. The topological polar surface area (TPSA) is 79.2 Å². The molecule has 2 aliphatic heterocycles. The van der Waals surface area contributed by atoms with E-state index in [4.69, 9.17) is 9.47 Å². The maximum atomic E-state index is 11.3. The Morgan fingerprint density at radius 3 is 2.79 bits per heavy atom. The number of ether oxygens (including phenoxy) is 2. The van der Waals surface area contributed by atoms with E-state index < -0.39 is 5.97 Å². The molecule has 0 unspecified atom stereocenters. The lowest BCUT2D eigenvalue weighted by Crippen LogP contribution is -2.55. The first-order valence-corrected chi connectivity index (χ1v) is 8.49. The molecule has 6 nitrogen and oxygen atoms in total. The number of hydrogen-bond donors (Lipinski definition) is 2. The average molecular weight is 335 g/mol. The molecule has 0 amide bonds. The Balaban J connectivity index is 1.64. The molecule has 2 heterocycles. The van der Waals surface area contributed by atoms with Gasteiger partial charge in [-0.2, -0.15) is 0 Å². The minimum atomic E-state index is -0.981. The molecular formula is C18H25NO5. The Bertz CT molecular complexity index is 595. The number of carboxylic acid groups (broad SMARTS) is 1. The van der Waals surface area contributed by atoms with Crippen molar-refractivity contribution in [3.63, 3.8) is 0 Å². The van der Waals surface area contributed by atoms with Gasteiger partial charge < -0.3 is 19.7 Å². The molecule has 0 bridgehead atoms. The van der Waals surface area contributed by atoms with E-state index in [1.165, 1.54) is 7.11 Å². The summed E-state index contributed by atoms with van der Waals surface area (Å²) in [6.45, 7) is 3.10. The van der Waals surface area contributed by atoms with Crippen LogP contribution < -0.4 is 4.74 Å². The van der Waals surface area contributed by atoms with Crippen molar-refractivity contribution >= 4 is 5.97 Å². The minimum absolute atomic E-state index is 0.189. The monoisotopic (exact) mass is 335 g/mol. The summed E-state index contributed by atoms with van der Waals surface area (Å²) in [7, 11) is 1.47. The molecular weight excluding hydrogens is 310 g/mol. The fraction of sp³-hybridized carbons (Fsp3) is 0.611. The van der Waals surface area contributed by atoms with Crippen LogP contribution in [0.5, 0.6) is 5.75 Å². The first-order chi connectivity index (χ1) is 11.5. The molecule has 24 heavy (non-hydrogen) atoms. The number of aliphatic hydroxyl groups excluding tert-OH is 1. The van der Waals surface area contributed by atoms with Gasteiger partial charge in [0.15, 0.2) is 0 Å². The summed E-state index contributed by atoms with van der Waals surface area (Å²) in [5.74, 6) is -0.604. The molecule has 0 radical (unpaired) electrons. The smallest absolute Gasteiger partial charge is 0.339 e. The number of nitrogens with zero attached hydrogens (tertiary/aromatic N) is 1. The minimum Gasteiger partial charge on any atom is -0.496 e. The molecule has 1 atom stereocenters. The van der Waals surface area contributed by atoms with Crippen LogP contribution in [0.4, 0.5) is 0 Å². The largest absolute Gasteiger partial charge is 0.496 e. The summed E-state index contributed by atoms with van der Waals surface area (Å²) in [5, 5.41) is 19.6. The fourth-order valence-corrected chi connectivity index (χ4v) is 3.76. The average Bonchev–Trinajstić information content (AvgIpc) is 2.59. The normalized spacial score (nSPS) is 24.0. The number of aliphatic hydroxyl groups is 1. The van der Waals surface area contributed by atoms with Crippen molar-refractivity contribution in [2.75, 3.05) is 26.8 Å². The van der Waals surface area contributed by atoms with Crippen LogP contribution in [0.15, 0.2) is 18.2 Å². The Kier molecular flexibility index (Phi) is 5.08. The molecule has 2 N–H and O–H groups in total. The lowest BCUT2D eigenvalue weighted by atomic mass is 9.82. The highest BCUT2D eigenvalue weighted by Gasteiger charge is 2.43.